The van der Waals surface area contributed by atoms with Crippen LogP contribution >= 0.6 is 11.6 Å². The smallest absolute Gasteiger partial charge is 0.243 e. The van der Waals surface area contributed by atoms with E-state index in [1.165, 1.54) is 24.6 Å². The Kier molecular flexibility index (Phi) is 7.91. The molecule has 3 N–H and O–H groups in total. The summed E-state index contributed by atoms with van der Waals surface area (Å²) < 4.78 is 1.96. The van der Waals surface area contributed by atoms with Gasteiger partial charge in [0.25, 0.3) is 0 Å². The van der Waals surface area contributed by atoms with Crippen molar-refractivity contribution in [2.24, 2.45) is 13.0 Å². The Hall–Kier alpha value is -2.45. The minimum absolute atomic E-state index is 0.0619. The van der Waals surface area contributed by atoms with Crippen molar-refractivity contribution in [2.45, 2.75) is 94.8 Å². The van der Waals surface area contributed by atoms with E-state index in [9.17, 15) is 4.79 Å². The molecule has 0 saturated heterocycles. The molecule has 0 bridgehead atoms. The number of halogens is 1. The number of anilines is 1. The van der Waals surface area contributed by atoms with Crippen LogP contribution in [-0.4, -0.2) is 49.8 Å². The number of carbonyl (C=O) groups is 1. The van der Waals surface area contributed by atoms with Crippen LogP contribution in [0, 0.1) is 5.92 Å². The summed E-state index contributed by atoms with van der Waals surface area (Å²) in [4.78, 5) is 20.8. The molecule has 0 radical (unpaired) electrons. The molecule has 0 aliphatic heterocycles. The Balaban J connectivity index is 1.12. The molecular formula is C27H38ClN7O. The summed E-state index contributed by atoms with van der Waals surface area (Å²) in [6.45, 7) is 3.54. The summed E-state index contributed by atoms with van der Waals surface area (Å²) in [5.74, 6) is 1.34. The molecule has 0 atom stereocenters. The molecule has 1 amide bonds. The fraction of sp³-hybridized carbons (Fsp3) is 0.630. The lowest BCUT2D eigenvalue weighted by Crippen LogP contribution is -2.46. The molecule has 2 aromatic heterocycles. The quantitative estimate of drug-likeness (QED) is 0.431. The second kappa shape index (κ2) is 11.3. The van der Waals surface area contributed by atoms with Gasteiger partial charge in [-0.15, -0.1) is 0 Å². The first-order valence-electron chi connectivity index (χ1n) is 13.5. The Morgan fingerprint density at radius 1 is 1.03 bits per heavy atom. The fourth-order valence-electron chi connectivity index (χ4n) is 5.71. The Morgan fingerprint density at radius 3 is 2.31 bits per heavy atom. The molecule has 3 aliphatic carbocycles. The van der Waals surface area contributed by atoms with Gasteiger partial charge in [-0.05, 0) is 82.6 Å². The highest BCUT2D eigenvalue weighted by Gasteiger charge is 2.28. The van der Waals surface area contributed by atoms with Crippen molar-refractivity contribution in [3.8, 4) is 11.3 Å². The van der Waals surface area contributed by atoms with E-state index in [1.807, 2.05) is 17.9 Å². The van der Waals surface area contributed by atoms with E-state index in [2.05, 4.69) is 32.6 Å². The number of hydrogen-bond acceptors (Lipinski definition) is 6. The highest BCUT2D eigenvalue weighted by atomic mass is 35.5. The van der Waals surface area contributed by atoms with Crippen LogP contribution in [0.25, 0.3) is 11.3 Å². The lowest BCUT2D eigenvalue weighted by Gasteiger charge is -2.35. The molecular weight excluding hydrogens is 474 g/mol. The van der Waals surface area contributed by atoms with E-state index in [1.54, 1.807) is 6.20 Å². The SMILES string of the molecule is C=CC(=O)N[C@H]1CC[C@@H](N[C@H]2CC[C@H](Nc3ncc(Cl)c(-c4cnn(C)c4CC4CC4)n3)CC2)CC1. The zero-order valence-electron chi connectivity index (χ0n) is 21.2. The summed E-state index contributed by atoms with van der Waals surface area (Å²) in [6, 6.07) is 1.74. The van der Waals surface area contributed by atoms with Gasteiger partial charge in [-0.2, -0.15) is 5.10 Å². The van der Waals surface area contributed by atoms with Crippen LogP contribution in [0.1, 0.15) is 69.9 Å². The molecule has 36 heavy (non-hydrogen) atoms. The number of aromatic nitrogens is 4. The molecule has 0 unspecified atom stereocenters. The first-order chi connectivity index (χ1) is 17.5. The second-order valence-corrected chi connectivity index (χ2v) is 11.2. The minimum atomic E-state index is -0.0619. The molecule has 3 aliphatic rings. The van der Waals surface area contributed by atoms with Crippen LogP contribution in [0.3, 0.4) is 0 Å². The van der Waals surface area contributed by atoms with Gasteiger partial charge in [0.05, 0.1) is 23.1 Å². The zero-order valence-corrected chi connectivity index (χ0v) is 21.9. The third-order valence-corrected chi connectivity index (χ3v) is 8.31. The third-order valence-electron chi connectivity index (χ3n) is 8.03. The van der Waals surface area contributed by atoms with Crippen LogP contribution in [-0.2, 0) is 18.3 Å². The molecule has 3 saturated carbocycles. The average molecular weight is 512 g/mol. The largest absolute Gasteiger partial charge is 0.351 e. The summed E-state index contributed by atoms with van der Waals surface area (Å²) in [6.07, 6.45) is 17.3. The minimum Gasteiger partial charge on any atom is -0.351 e. The predicted molar refractivity (Wildman–Crippen MR) is 143 cm³/mol. The number of rotatable bonds is 9. The number of amides is 1. The molecule has 0 spiro atoms. The molecule has 3 fully saturated rings. The highest BCUT2D eigenvalue weighted by molar-refractivity contribution is 6.32. The maximum atomic E-state index is 11.5. The molecule has 9 heteroatoms. The van der Waals surface area contributed by atoms with Crippen molar-refractivity contribution in [2.75, 3.05) is 5.32 Å². The van der Waals surface area contributed by atoms with E-state index in [0.29, 0.717) is 29.1 Å². The fourth-order valence-corrected chi connectivity index (χ4v) is 5.90. The van der Waals surface area contributed by atoms with Crippen molar-refractivity contribution in [3.05, 3.63) is 35.8 Å². The molecule has 0 aromatic carbocycles. The summed E-state index contributed by atoms with van der Waals surface area (Å²) in [5, 5.41) is 15.5. The van der Waals surface area contributed by atoms with Gasteiger partial charge < -0.3 is 16.0 Å². The number of nitrogens with one attached hydrogen (secondary N) is 3. The van der Waals surface area contributed by atoms with Crippen molar-refractivity contribution in [1.82, 2.24) is 30.4 Å². The monoisotopic (exact) mass is 511 g/mol. The van der Waals surface area contributed by atoms with Crippen LogP contribution in [0.4, 0.5) is 5.95 Å². The third kappa shape index (κ3) is 6.27. The van der Waals surface area contributed by atoms with Gasteiger partial charge >= 0.3 is 0 Å². The van der Waals surface area contributed by atoms with Gasteiger partial charge in [0.2, 0.25) is 11.9 Å². The topological polar surface area (TPSA) is 96.8 Å². The lowest BCUT2D eigenvalue weighted by atomic mass is 9.87. The Labute approximate surface area is 218 Å². The van der Waals surface area contributed by atoms with E-state index < -0.39 is 0 Å². The number of aryl methyl sites for hydroxylation is 1. The average Bonchev–Trinajstić information content (AvgIpc) is 3.64. The van der Waals surface area contributed by atoms with Gasteiger partial charge in [-0.3, -0.25) is 9.48 Å². The van der Waals surface area contributed by atoms with Crippen LogP contribution < -0.4 is 16.0 Å². The van der Waals surface area contributed by atoms with Gasteiger partial charge in [0.1, 0.15) is 0 Å². The summed E-state index contributed by atoms with van der Waals surface area (Å²) in [7, 11) is 1.99. The van der Waals surface area contributed by atoms with Crippen molar-refractivity contribution in [3.63, 3.8) is 0 Å². The molecule has 2 heterocycles. The first-order valence-corrected chi connectivity index (χ1v) is 13.9. The standard InChI is InChI=1S/C27H38ClN7O/c1-3-25(36)32-20-10-6-18(7-11-20)31-19-8-12-21(13-9-19)33-27-29-16-23(28)26(34-27)22-15-30-35(2)24(22)14-17-4-5-17/h3,15-21,31H,1,4-14H2,2H3,(H,32,36)(H,29,33,34)/t18-,19-,20+,21-. The van der Waals surface area contributed by atoms with Gasteiger partial charge in [-0.25, -0.2) is 9.97 Å². The number of hydrogen-bond donors (Lipinski definition) is 3. The zero-order chi connectivity index (χ0) is 25.1. The van der Waals surface area contributed by atoms with Crippen molar-refractivity contribution in [1.29, 1.82) is 0 Å². The Bertz CT molecular complexity index is 1070. The molecule has 8 nitrogen and oxygen atoms in total. The second-order valence-electron chi connectivity index (χ2n) is 10.8. The van der Waals surface area contributed by atoms with Gasteiger partial charge in [0.15, 0.2) is 0 Å². The van der Waals surface area contributed by atoms with Crippen molar-refractivity contribution >= 4 is 23.5 Å². The normalized spacial score (nSPS) is 26.4. The van der Waals surface area contributed by atoms with Crippen LogP contribution in [0.5, 0.6) is 0 Å². The van der Waals surface area contributed by atoms with E-state index in [4.69, 9.17) is 16.6 Å². The van der Waals surface area contributed by atoms with Crippen LogP contribution in [0.2, 0.25) is 5.02 Å². The van der Waals surface area contributed by atoms with E-state index >= 15 is 0 Å². The molecule has 2 aromatic rings. The summed E-state index contributed by atoms with van der Waals surface area (Å²) in [5.41, 5.74) is 2.99. The maximum absolute atomic E-state index is 11.5. The molecule has 5 rings (SSSR count). The highest BCUT2D eigenvalue weighted by Crippen LogP contribution is 2.37. The van der Waals surface area contributed by atoms with E-state index in [-0.39, 0.29) is 11.9 Å². The predicted octanol–water partition coefficient (Wildman–Crippen LogP) is 4.41. The van der Waals surface area contributed by atoms with E-state index in [0.717, 1.165) is 75.0 Å². The first kappa shape index (κ1) is 25.2. The summed E-state index contributed by atoms with van der Waals surface area (Å²) >= 11 is 6.54. The lowest BCUT2D eigenvalue weighted by molar-refractivity contribution is -0.117. The van der Waals surface area contributed by atoms with Crippen LogP contribution in [0.15, 0.2) is 25.0 Å². The maximum Gasteiger partial charge on any atom is 0.243 e. The number of carbonyl (C=O) groups excluding carboxylic acids is 1. The van der Waals surface area contributed by atoms with Gasteiger partial charge in [-0.1, -0.05) is 18.2 Å². The number of nitrogens with zero attached hydrogens (tertiary/aromatic N) is 4. The van der Waals surface area contributed by atoms with Gasteiger partial charge in [0, 0.05) is 42.5 Å². The van der Waals surface area contributed by atoms with Crippen molar-refractivity contribution < 1.29 is 4.79 Å². The Morgan fingerprint density at radius 2 is 1.67 bits per heavy atom. The molecule has 194 valence electrons.